The first-order valence-electron chi connectivity index (χ1n) is 7.53. The molecule has 1 aromatic carbocycles. The number of carbonyl (C=O) groups is 1. The van der Waals surface area contributed by atoms with Crippen molar-refractivity contribution in [3.8, 4) is 5.75 Å². The summed E-state index contributed by atoms with van der Waals surface area (Å²) in [6.45, 7) is 2.33. The Bertz CT molecular complexity index is 979. The highest BCUT2D eigenvalue weighted by atomic mass is 35.5. The number of aliphatic carboxylic acids is 1. The number of carboxylic acids is 1. The molecule has 0 fully saturated rings. The standard InChI is InChI=1S/C17H15ClN2O4S/c1-10-2-3-11(19-8-10)9-24-14-7-15-13(6-12(14)18)20(17(23)25-15)5-4-16(21)22/h2-3,6-8H,4-5,9H2,1H3,(H,21,22). The maximum absolute atomic E-state index is 12.1. The van der Waals surface area contributed by atoms with Gasteiger partial charge in [-0.05, 0) is 24.6 Å². The first-order chi connectivity index (χ1) is 11.9. The summed E-state index contributed by atoms with van der Waals surface area (Å²) in [5.41, 5.74) is 2.45. The maximum atomic E-state index is 12.1. The Morgan fingerprint density at radius 1 is 1.40 bits per heavy atom. The summed E-state index contributed by atoms with van der Waals surface area (Å²) >= 11 is 7.30. The molecule has 8 heteroatoms. The zero-order chi connectivity index (χ0) is 18.0. The SMILES string of the molecule is Cc1ccc(COc2cc3sc(=O)n(CCC(=O)O)c3cc2Cl)nc1. The number of hydrogen-bond donors (Lipinski definition) is 1. The van der Waals surface area contributed by atoms with Gasteiger partial charge in [-0.15, -0.1) is 0 Å². The molecule has 0 aliphatic carbocycles. The molecule has 0 unspecified atom stereocenters. The Balaban J connectivity index is 1.85. The lowest BCUT2D eigenvalue weighted by molar-refractivity contribution is -0.137. The number of rotatable bonds is 6. The van der Waals surface area contributed by atoms with E-state index in [1.54, 1.807) is 18.3 Å². The molecule has 3 aromatic rings. The van der Waals surface area contributed by atoms with E-state index in [0.717, 1.165) is 22.6 Å². The molecule has 25 heavy (non-hydrogen) atoms. The molecule has 0 saturated carbocycles. The fourth-order valence-corrected chi connectivity index (χ4v) is 3.47. The highest BCUT2D eigenvalue weighted by Crippen LogP contribution is 2.32. The van der Waals surface area contributed by atoms with Crippen LogP contribution >= 0.6 is 22.9 Å². The normalized spacial score (nSPS) is 11.0. The monoisotopic (exact) mass is 378 g/mol. The number of thiazole rings is 1. The van der Waals surface area contributed by atoms with Crippen molar-refractivity contribution in [2.75, 3.05) is 0 Å². The molecule has 0 saturated heterocycles. The van der Waals surface area contributed by atoms with E-state index < -0.39 is 5.97 Å². The van der Waals surface area contributed by atoms with E-state index in [1.807, 2.05) is 19.1 Å². The smallest absolute Gasteiger partial charge is 0.308 e. The zero-order valence-electron chi connectivity index (χ0n) is 13.4. The minimum absolute atomic E-state index is 0.109. The van der Waals surface area contributed by atoms with Crippen molar-refractivity contribution in [3.05, 3.63) is 56.4 Å². The molecular formula is C17H15ClN2O4S. The summed E-state index contributed by atoms with van der Waals surface area (Å²) in [6.07, 6.45) is 1.64. The number of aryl methyl sites for hydroxylation is 2. The first kappa shape index (κ1) is 17.4. The molecule has 2 heterocycles. The van der Waals surface area contributed by atoms with E-state index in [4.69, 9.17) is 21.4 Å². The van der Waals surface area contributed by atoms with Crippen molar-refractivity contribution in [1.29, 1.82) is 0 Å². The summed E-state index contributed by atoms with van der Waals surface area (Å²) in [7, 11) is 0. The second-order valence-electron chi connectivity index (χ2n) is 5.53. The number of aromatic nitrogens is 2. The van der Waals surface area contributed by atoms with Crippen LogP contribution in [-0.4, -0.2) is 20.6 Å². The number of ether oxygens (including phenoxy) is 1. The van der Waals surface area contributed by atoms with E-state index in [9.17, 15) is 9.59 Å². The number of halogens is 1. The van der Waals surface area contributed by atoms with Gasteiger partial charge in [0, 0.05) is 18.8 Å². The second-order valence-corrected chi connectivity index (χ2v) is 6.93. The molecule has 0 bridgehead atoms. The highest BCUT2D eigenvalue weighted by molar-refractivity contribution is 7.16. The van der Waals surface area contributed by atoms with Gasteiger partial charge in [0.15, 0.2) is 0 Å². The van der Waals surface area contributed by atoms with Gasteiger partial charge in [-0.1, -0.05) is 29.0 Å². The number of nitrogens with zero attached hydrogens (tertiary/aromatic N) is 2. The summed E-state index contributed by atoms with van der Waals surface area (Å²) in [4.78, 5) is 26.9. The van der Waals surface area contributed by atoms with Crippen LogP contribution in [0.5, 0.6) is 5.75 Å². The third-order valence-electron chi connectivity index (χ3n) is 3.62. The van der Waals surface area contributed by atoms with Crippen molar-refractivity contribution >= 4 is 39.1 Å². The molecule has 1 N–H and O–H groups in total. The quantitative estimate of drug-likeness (QED) is 0.710. The van der Waals surface area contributed by atoms with Crippen LogP contribution in [0.25, 0.3) is 10.2 Å². The van der Waals surface area contributed by atoms with Crippen LogP contribution in [0.1, 0.15) is 17.7 Å². The molecule has 0 spiro atoms. The van der Waals surface area contributed by atoms with Crippen molar-refractivity contribution < 1.29 is 14.6 Å². The van der Waals surface area contributed by atoms with Crippen molar-refractivity contribution in [2.45, 2.75) is 26.5 Å². The molecule has 0 atom stereocenters. The van der Waals surface area contributed by atoms with Crippen molar-refractivity contribution in [1.82, 2.24) is 9.55 Å². The van der Waals surface area contributed by atoms with Crippen LogP contribution < -0.4 is 9.61 Å². The van der Waals surface area contributed by atoms with E-state index >= 15 is 0 Å². The van der Waals surface area contributed by atoms with Crippen LogP contribution in [0.15, 0.2) is 35.3 Å². The maximum Gasteiger partial charge on any atom is 0.308 e. The lowest BCUT2D eigenvalue weighted by Crippen LogP contribution is -2.15. The molecule has 130 valence electrons. The molecule has 0 radical (unpaired) electrons. The van der Waals surface area contributed by atoms with Gasteiger partial charge in [-0.25, -0.2) is 0 Å². The fraction of sp³-hybridized carbons (Fsp3) is 0.235. The van der Waals surface area contributed by atoms with E-state index in [0.29, 0.717) is 21.0 Å². The van der Waals surface area contributed by atoms with Crippen molar-refractivity contribution in [2.24, 2.45) is 0 Å². The number of fused-ring (bicyclic) bond motifs is 1. The summed E-state index contributed by atoms with van der Waals surface area (Å²) in [6, 6.07) is 7.16. The number of pyridine rings is 1. The van der Waals surface area contributed by atoms with Gasteiger partial charge in [-0.3, -0.25) is 19.1 Å². The highest BCUT2D eigenvalue weighted by Gasteiger charge is 2.13. The van der Waals surface area contributed by atoms with Gasteiger partial charge in [0.05, 0.1) is 27.4 Å². The van der Waals surface area contributed by atoms with E-state index in [2.05, 4.69) is 4.98 Å². The van der Waals surface area contributed by atoms with E-state index in [1.165, 1.54) is 4.57 Å². The third-order valence-corrected chi connectivity index (χ3v) is 4.86. The summed E-state index contributed by atoms with van der Waals surface area (Å²) in [5.74, 6) is -0.494. The molecular weight excluding hydrogens is 364 g/mol. The van der Waals surface area contributed by atoms with Crippen molar-refractivity contribution in [3.63, 3.8) is 0 Å². The lowest BCUT2D eigenvalue weighted by atomic mass is 10.3. The average molecular weight is 379 g/mol. The van der Waals surface area contributed by atoms with Crippen LogP contribution in [0.3, 0.4) is 0 Å². The summed E-state index contributed by atoms with van der Waals surface area (Å²) in [5, 5.41) is 9.17. The fourth-order valence-electron chi connectivity index (χ4n) is 2.33. The van der Waals surface area contributed by atoms with Gasteiger partial charge in [0.25, 0.3) is 0 Å². The third kappa shape index (κ3) is 4.00. The average Bonchev–Trinajstić information content (AvgIpc) is 2.86. The number of hydrogen-bond acceptors (Lipinski definition) is 5. The van der Waals surface area contributed by atoms with Crippen LogP contribution in [0, 0.1) is 6.92 Å². The molecule has 3 rings (SSSR count). The predicted octanol–water partition coefficient (Wildman–Crippen LogP) is 3.47. The van der Waals surface area contributed by atoms with Gasteiger partial charge in [0.2, 0.25) is 0 Å². The van der Waals surface area contributed by atoms with Gasteiger partial charge >= 0.3 is 10.8 Å². The molecule has 2 aromatic heterocycles. The number of benzene rings is 1. The summed E-state index contributed by atoms with van der Waals surface area (Å²) < 4.78 is 7.85. The number of carboxylic acid groups (broad SMARTS) is 1. The second kappa shape index (κ2) is 7.25. The Morgan fingerprint density at radius 2 is 2.20 bits per heavy atom. The van der Waals surface area contributed by atoms with Crippen LogP contribution in [0.2, 0.25) is 5.02 Å². The Labute approximate surface area is 152 Å². The minimum atomic E-state index is -0.956. The molecule has 0 aliphatic heterocycles. The molecule has 0 aliphatic rings. The Morgan fingerprint density at radius 3 is 2.88 bits per heavy atom. The van der Waals surface area contributed by atoms with E-state index in [-0.39, 0.29) is 24.4 Å². The topological polar surface area (TPSA) is 81.4 Å². The lowest BCUT2D eigenvalue weighted by Gasteiger charge is -2.09. The minimum Gasteiger partial charge on any atom is -0.486 e. The predicted molar refractivity (Wildman–Crippen MR) is 96.7 cm³/mol. The van der Waals surface area contributed by atoms with Crippen LogP contribution in [-0.2, 0) is 17.9 Å². The Kier molecular flexibility index (Phi) is 5.06. The Hall–Kier alpha value is -2.38. The van der Waals surface area contributed by atoms with Crippen LogP contribution in [0.4, 0.5) is 0 Å². The first-order valence-corrected chi connectivity index (χ1v) is 8.72. The van der Waals surface area contributed by atoms with Gasteiger partial charge < -0.3 is 9.84 Å². The van der Waals surface area contributed by atoms with Gasteiger partial charge in [0.1, 0.15) is 12.4 Å². The van der Waals surface area contributed by atoms with Gasteiger partial charge in [-0.2, -0.15) is 0 Å². The largest absolute Gasteiger partial charge is 0.486 e. The molecule has 6 nitrogen and oxygen atoms in total. The zero-order valence-corrected chi connectivity index (χ0v) is 14.9. The molecule has 0 amide bonds.